The molecule has 1 aliphatic rings. The molecular formula is C14H20O. The van der Waals surface area contributed by atoms with Crippen molar-refractivity contribution in [1.29, 1.82) is 0 Å². The molecule has 2 rings (SSSR count). The van der Waals surface area contributed by atoms with Crippen LogP contribution in [-0.4, -0.2) is 11.7 Å². The largest absolute Gasteiger partial charge is 0.396 e. The van der Waals surface area contributed by atoms with Gasteiger partial charge in [-0.25, -0.2) is 0 Å². The molecule has 0 radical (unpaired) electrons. The molecule has 1 aromatic carbocycles. The second kappa shape index (κ2) is 3.97. The van der Waals surface area contributed by atoms with Crippen molar-refractivity contribution in [2.75, 3.05) is 6.61 Å². The molecule has 0 saturated heterocycles. The van der Waals surface area contributed by atoms with Gasteiger partial charge in [0.2, 0.25) is 0 Å². The molecule has 1 aromatic rings. The van der Waals surface area contributed by atoms with Crippen LogP contribution in [0.25, 0.3) is 0 Å². The molecule has 0 saturated carbocycles. The fraction of sp³-hybridized carbons (Fsp3) is 0.571. The first-order valence-electron chi connectivity index (χ1n) is 5.85. The molecule has 1 N–H and O–H groups in total. The molecule has 0 amide bonds. The number of aryl methyl sites for hydroxylation is 1. The van der Waals surface area contributed by atoms with Gasteiger partial charge in [-0.05, 0) is 66.8 Å². The summed E-state index contributed by atoms with van der Waals surface area (Å²) in [5.41, 5.74) is 7.25. The fourth-order valence-electron chi connectivity index (χ4n) is 2.91. The number of rotatable bonds is 2. The molecule has 0 unspecified atom stereocenters. The third-order valence-corrected chi connectivity index (χ3v) is 3.64. The fourth-order valence-corrected chi connectivity index (χ4v) is 2.91. The van der Waals surface area contributed by atoms with Crippen LogP contribution in [0, 0.1) is 19.8 Å². The van der Waals surface area contributed by atoms with Crippen LogP contribution < -0.4 is 0 Å². The summed E-state index contributed by atoms with van der Waals surface area (Å²) in [5.74, 6) is 0.794. The molecular weight excluding hydrogens is 184 g/mol. The highest BCUT2D eigenvalue weighted by atomic mass is 16.2. The van der Waals surface area contributed by atoms with Crippen molar-refractivity contribution in [3.63, 3.8) is 0 Å². The number of aliphatic hydroxyl groups excluding tert-OH is 1. The maximum Gasteiger partial charge on any atom is 0.0471 e. The smallest absolute Gasteiger partial charge is 0.0471 e. The monoisotopic (exact) mass is 204 g/mol. The normalized spacial score (nSPS) is 19.3. The van der Waals surface area contributed by atoms with Crippen LogP contribution in [0.3, 0.4) is 0 Å². The van der Waals surface area contributed by atoms with E-state index in [1.54, 1.807) is 11.1 Å². The zero-order valence-corrected chi connectivity index (χ0v) is 9.93. The summed E-state index contributed by atoms with van der Waals surface area (Å²) < 4.78 is 0. The highest BCUT2D eigenvalue weighted by Crippen LogP contribution is 2.32. The van der Waals surface area contributed by atoms with E-state index in [2.05, 4.69) is 26.8 Å². The lowest BCUT2D eigenvalue weighted by Crippen LogP contribution is -2.02. The van der Waals surface area contributed by atoms with Crippen LogP contribution >= 0.6 is 0 Å². The van der Waals surface area contributed by atoms with Gasteiger partial charge in [0.25, 0.3) is 0 Å². The van der Waals surface area contributed by atoms with Crippen molar-refractivity contribution in [2.45, 2.75) is 40.0 Å². The number of fused-ring (bicyclic) bond motifs is 1. The predicted molar refractivity (Wildman–Crippen MR) is 63.3 cm³/mol. The zero-order valence-electron chi connectivity index (χ0n) is 9.93. The molecule has 1 atom stereocenters. The molecule has 0 fully saturated rings. The Bertz CT molecular complexity index is 376. The summed E-state index contributed by atoms with van der Waals surface area (Å²) in [6.07, 6.45) is 3.26. The standard InChI is InChI=1S/C14H20O/c1-9-6-12-8-10(2)13(4-5-15)11(3)14(12)7-9/h8-9,15H,4-7H2,1-3H3/t9-/m1/s1. The van der Waals surface area contributed by atoms with E-state index in [-0.39, 0.29) is 6.61 Å². The number of hydrogen-bond donors (Lipinski definition) is 1. The highest BCUT2D eigenvalue weighted by Gasteiger charge is 2.21. The van der Waals surface area contributed by atoms with Crippen LogP contribution in [0.5, 0.6) is 0 Å². The van der Waals surface area contributed by atoms with Crippen molar-refractivity contribution >= 4 is 0 Å². The molecule has 15 heavy (non-hydrogen) atoms. The minimum absolute atomic E-state index is 0.260. The van der Waals surface area contributed by atoms with Crippen LogP contribution in [-0.2, 0) is 19.3 Å². The summed E-state index contributed by atoms with van der Waals surface area (Å²) in [4.78, 5) is 0. The summed E-state index contributed by atoms with van der Waals surface area (Å²) >= 11 is 0. The lowest BCUT2D eigenvalue weighted by Gasteiger charge is -2.13. The molecule has 0 bridgehead atoms. The summed E-state index contributed by atoms with van der Waals surface area (Å²) in [7, 11) is 0. The van der Waals surface area contributed by atoms with Gasteiger partial charge < -0.3 is 5.11 Å². The third-order valence-electron chi connectivity index (χ3n) is 3.64. The highest BCUT2D eigenvalue weighted by molar-refractivity contribution is 5.47. The van der Waals surface area contributed by atoms with E-state index in [0.29, 0.717) is 0 Å². The first kappa shape index (κ1) is 10.7. The Morgan fingerprint density at radius 3 is 2.73 bits per heavy atom. The van der Waals surface area contributed by atoms with Crippen molar-refractivity contribution in [1.82, 2.24) is 0 Å². The van der Waals surface area contributed by atoms with Gasteiger partial charge in [0.1, 0.15) is 0 Å². The quantitative estimate of drug-likeness (QED) is 0.785. The van der Waals surface area contributed by atoms with E-state index in [9.17, 15) is 0 Å². The maximum absolute atomic E-state index is 9.07. The molecule has 1 aliphatic carbocycles. The van der Waals surface area contributed by atoms with Gasteiger partial charge in [-0.3, -0.25) is 0 Å². The van der Waals surface area contributed by atoms with Crippen molar-refractivity contribution in [2.24, 2.45) is 5.92 Å². The molecule has 0 aliphatic heterocycles. The van der Waals surface area contributed by atoms with Crippen LogP contribution in [0.1, 0.15) is 34.7 Å². The average Bonchev–Trinajstić information content (AvgIpc) is 2.53. The molecule has 1 nitrogen and oxygen atoms in total. The third kappa shape index (κ3) is 1.81. The maximum atomic E-state index is 9.07. The SMILES string of the molecule is Cc1cc2c(c(C)c1CCO)C[C@H](C)C2. The van der Waals surface area contributed by atoms with Crippen molar-refractivity contribution in [3.8, 4) is 0 Å². The number of benzene rings is 1. The minimum Gasteiger partial charge on any atom is -0.396 e. The van der Waals surface area contributed by atoms with Crippen molar-refractivity contribution in [3.05, 3.63) is 33.9 Å². The summed E-state index contributed by atoms with van der Waals surface area (Å²) in [5, 5.41) is 9.07. The first-order valence-corrected chi connectivity index (χ1v) is 5.85. The van der Waals surface area contributed by atoms with E-state index < -0.39 is 0 Å². The number of hydrogen-bond acceptors (Lipinski definition) is 1. The Kier molecular flexibility index (Phi) is 2.83. The van der Waals surface area contributed by atoms with Crippen LogP contribution in [0.4, 0.5) is 0 Å². The lowest BCUT2D eigenvalue weighted by atomic mass is 9.93. The second-order valence-corrected chi connectivity index (χ2v) is 4.92. The number of aliphatic hydroxyl groups is 1. The molecule has 0 heterocycles. The summed E-state index contributed by atoms with van der Waals surface area (Å²) in [6.45, 7) is 6.96. The predicted octanol–water partition coefficient (Wildman–Crippen LogP) is 2.57. The van der Waals surface area contributed by atoms with Gasteiger partial charge in [-0.1, -0.05) is 13.0 Å². The molecule has 1 heteroatoms. The van der Waals surface area contributed by atoms with E-state index in [1.165, 1.54) is 29.5 Å². The van der Waals surface area contributed by atoms with Gasteiger partial charge in [0, 0.05) is 6.61 Å². The zero-order chi connectivity index (χ0) is 11.0. The van der Waals surface area contributed by atoms with Gasteiger partial charge in [0.05, 0.1) is 0 Å². The minimum atomic E-state index is 0.260. The van der Waals surface area contributed by atoms with Crippen molar-refractivity contribution < 1.29 is 5.11 Å². The van der Waals surface area contributed by atoms with E-state index >= 15 is 0 Å². The Hall–Kier alpha value is -0.820. The van der Waals surface area contributed by atoms with E-state index in [0.717, 1.165) is 12.3 Å². The van der Waals surface area contributed by atoms with E-state index in [1.807, 2.05) is 0 Å². The Morgan fingerprint density at radius 1 is 1.33 bits per heavy atom. The first-order chi connectivity index (χ1) is 7.13. The molecule has 0 aromatic heterocycles. The lowest BCUT2D eigenvalue weighted by molar-refractivity contribution is 0.299. The average molecular weight is 204 g/mol. The van der Waals surface area contributed by atoms with Crippen LogP contribution in [0.15, 0.2) is 6.07 Å². The van der Waals surface area contributed by atoms with Crippen LogP contribution in [0.2, 0.25) is 0 Å². The second-order valence-electron chi connectivity index (χ2n) is 4.92. The van der Waals surface area contributed by atoms with E-state index in [4.69, 9.17) is 5.11 Å². The van der Waals surface area contributed by atoms with Gasteiger partial charge >= 0.3 is 0 Å². The summed E-state index contributed by atoms with van der Waals surface area (Å²) in [6, 6.07) is 2.33. The van der Waals surface area contributed by atoms with Gasteiger partial charge in [-0.15, -0.1) is 0 Å². The molecule has 82 valence electrons. The Labute approximate surface area is 92.1 Å². The molecule has 0 spiro atoms. The Balaban J connectivity index is 2.48. The Morgan fingerprint density at radius 2 is 2.07 bits per heavy atom. The van der Waals surface area contributed by atoms with Gasteiger partial charge in [-0.2, -0.15) is 0 Å². The topological polar surface area (TPSA) is 20.2 Å². The van der Waals surface area contributed by atoms with Gasteiger partial charge in [0.15, 0.2) is 0 Å².